The second kappa shape index (κ2) is 5.41. The molecule has 1 N–H and O–H groups in total. The number of piperidine rings is 1. The maximum Gasteiger partial charge on any atom is 0.0948 e. The molecule has 0 unspecified atom stereocenters. The SMILES string of the molecule is CN1CCC(Cn2cncc2[C@@H]2CCCN2)CC1. The maximum absolute atomic E-state index is 4.36. The van der Waals surface area contributed by atoms with E-state index in [0.717, 1.165) is 19.0 Å². The number of nitrogens with zero attached hydrogens (tertiary/aromatic N) is 3. The summed E-state index contributed by atoms with van der Waals surface area (Å²) in [6, 6.07) is 0.541. The van der Waals surface area contributed by atoms with Crippen molar-refractivity contribution in [3.05, 3.63) is 18.2 Å². The molecule has 0 spiro atoms. The van der Waals surface area contributed by atoms with Crippen molar-refractivity contribution in [1.82, 2.24) is 19.8 Å². The van der Waals surface area contributed by atoms with Crippen molar-refractivity contribution in [1.29, 1.82) is 0 Å². The summed E-state index contributed by atoms with van der Waals surface area (Å²) >= 11 is 0. The van der Waals surface area contributed by atoms with E-state index in [1.165, 1.54) is 44.5 Å². The fourth-order valence-electron chi connectivity index (χ4n) is 3.23. The van der Waals surface area contributed by atoms with E-state index in [1.54, 1.807) is 0 Å². The molecule has 1 aromatic rings. The predicted octanol–water partition coefficient (Wildman–Crippen LogP) is 1.65. The summed E-state index contributed by atoms with van der Waals surface area (Å²) in [6.07, 6.45) is 9.28. The van der Waals surface area contributed by atoms with Gasteiger partial charge in [0, 0.05) is 18.8 Å². The molecule has 18 heavy (non-hydrogen) atoms. The fraction of sp³-hybridized carbons (Fsp3) is 0.786. The van der Waals surface area contributed by atoms with E-state index < -0.39 is 0 Å². The first-order valence-electron chi connectivity index (χ1n) is 7.25. The molecule has 2 aliphatic rings. The highest BCUT2D eigenvalue weighted by molar-refractivity contribution is 5.07. The summed E-state index contributed by atoms with van der Waals surface area (Å²) in [4.78, 5) is 6.79. The van der Waals surface area contributed by atoms with E-state index >= 15 is 0 Å². The first kappa shape index (κ1) is 12.2. The van der Waals surface area contributed by atoms with Gasteiger partial charge < -0.3 is 14.8 Å². The molecule has 4 nitrogen and oxygen atoms in total. The quantitative estimate of drug-likeness (QED) is 0.883. The molecule has 1 aromatic heterocycles. The van der Waals surface area contributed by atoms with Crippen LogP contribution in [0.3, 0.4) is 0 Å². The zero-order valence-corrected chi connectivity index (χ0v) is 11.3. The molecule has 1 atom stereocenters. The van der Waals surface area contributed by atoms with E-state index in [9.17, 15) is 0 Å². The summed E-state index contributed by atoms with van der Waals surface area (Å²) < 4.78 is 2.39. The van der Waals surface area contributed by atoms with Crippen LogP contribution in [0.5, 0.6) is 0 Å². The predicted molar refractivity (Wildman–Crippen MR) is 72.4 cm³/mol. The van der Waals surface area contributed by atoms with Gasteiger partial charge in [-0.2, -0.15) is 0 Å². The minimum absolute atomic E-state index is 0.541. The largest absolute Gasteiger partial charge is 0.333 e. The van der Waals surface area contributed by atoms with Gasteiger partial charge in [0.05, 0.1) is 12.0 Å². The van der Waals surface area contributed by atoms with Crippen LogP contribution in [-0.2, 0) is 6.54 Å². The van der Waals surface area contributed by atoms with Gasteiger partial charge in [0.15, 0.2) is 0 Å². The van der Waals surface area contributed by atoms with Gasteiger partial charge in [-0.15, -0.1) is 0 Å². The highest BCUT2D eigenvalue weighted by Gasteiger charge is 2.22. The Balaban J connectivity index is 1.64. The van der Waals surface area contributed by atoms with Crippen LogP contribution >= 0.6 is 0 Å². The van der Waals surface area contributed by atoms with Crippen LogP contribution in [0.25, 0.3) is 0 Å². The van der Waals surface area contributed by atoms with E-state index in [0.29, 0.717) is 6.04 Å². The summed E-state index contributed by atoms with van der Waals surface area (Å²) in [5.74, 6) is 0.829. The molecular weight excluding hydrogens is 224 g/mol. The Kier molecular flexibility index (Phi) is 3.66. The number of nitrogens with one attached hydrogen (secondary N) is 1. The number of likely N-dealkylation sites (tertiary alicyclic amines) is 1. The van der Waals surface area contributed by atoms with Gasteiger partial charge in [0.1, 0.15) is 0 Å². The Hall–Kier alpha value is -0.870. The molecule has 0 radical (unpaired) electrons. The Labute approximate surface area is 109 Å². The van der Waals surface area contributed by atoms with Gasteiger partial charge in [-0.05, 0) is 58.3 Å². The Morgan fingerprint density at radius 3 is 2.89 bits per heavy atom. The molecule has 3 heterocycles. The van der Waals surface area contributed by atoms with Crippen molar-refractivity contribution in [3.63, 3.8) is 0 Å². The third kappa shape index (κ3) is 2.59. The number of rotatable bonds is 3. The van der Waals surface area contributed by atoms with Crippen LogP contribution in [0.15, 0.2) is 12.5 Å². The lowest BCUT2D eigenvalue weighted by Gasteiger charge is -2.29. The molecule has 0 aromatic carbocycles. The van der Waals surface area contributed by atoms with E-state index in [1.807, 2.05) is 6.33 Å². The third-order valence-corrected chi connectivity index (χ3v) is 4.45. The molecule has 2 saturated heterocycles. The van der Waals surface area contributed by atoms with Crippen molar-refractivity contribution < 1.29 is 0 Å². The standard InChI is InChI=1S/C14H24N4/c1-17-7-4-12(5-8-17)10-18-11-15-9-14(18)13-3-2-6-16-13/h9,11-13,16H,2-8,10H2,1H3/t13-/m0/s1. The van der Waals surface area contributed by atoms with Crippen LogP contribution < -0.4 is 5.32 Å². The van der Waals surface area contributed by atoms with Crippen LogP contribution in [0.4, 0.5) is 0 Å². The van der Waals surface area contributed by atoms with Crippen molar-refractivity contribution in [2.24, 2.45) is 5.92 Å². The molecule has 0 saturated carbocycles. The van der Waals surface area contributed by atoms with Crippen molar-refractivity contribution >= 4 is 0 Å². The topological polar surface area (TPSA) is 33.1 Å². The van der Waals surface area contributed by atoms with Crippen LogP contribution in [-0.4, -0.2) is 41.1 Å². The average Bonchev–Trinajstić information content (AvgIpc) is 3.02. The zero-order chi connectivity index (χ0) is 12.4. The second-order valence-electron chi connectivity index (χ2n) is 5.87. The Morgan fingerprint density at radius 2 is 2.17 bits per heavy atom. The maximum atomic E-state index is 4.36. The van der Waals surface area contributed by atoms with E-state index in [2.05, 4.69) is 33.0 Å². The van der Waals surface area contributed by atoms with Crippen LogP contribution in [0.1, 0.15) is 37.4 Å². The molecule has 2 aliphatic heterocycles. The molecular formula is C14H24N4. The lowest BCUT2D eigenvalue weighted by molar-refractivity contribution is 0.203. The van der Waals surface area contributed by atoms with Crippen molar-refractivity contribution in [2.75, 3.05) is 26.7 Å². The summed E-state index contributed by atoms with van der Waals surface area (Å²) in [6.45, 7) is 4.80. The Morgan fingerprint density at radius 1 is 1.33 bits per heavy atom. The average molecular weight is 248 g/mol. The van der Waals surface area contributed by atoms with Gasteiger partial charge in [-0.1, -0.05) is 0 Å². The minimum Gasteiger partial charge on any atom is -0.333 e. The lowest BCUT2D eigenvalue weighted by Crippen LogP contribution is -2.32. The van der Waals surface area contributed by atoms with Crippen LogP contribution in [0.2, 0.25) is 0 Å². The molecule has 100 valence electrons. The summed E-state index contributed by atoms with van der Waals surface area (Å²) in [7, 11) is 2.22. The number of imidazole rings is 1. The van der Waals surface area contributed by atoms with Gasteiger partial charge in [-0.25, -0.2) is 4.98 Å². The summed E-state index contributed by atoms with van der Waals surface area (Å²) in [5, 5.41) is 3.57. The third-order valence-electron chi connectivity index (χ3n) is 4.45. The number of aromatic nitrogens is 2. The molecule has 0 bridgehead atoms. The number of hydrogen-bond donors (Lipinski definition) is 1. The molecule has 2 fully saturated rings. The van der Waals surface area contributed by atoms with E-state index in [4.69, 9.17) is 0 Å². The highest BCUT2D eigenvalue weighted by Crippen LogP contribution is 2.25. The molecule has 4 heteroatoms. The lowest BCUT2D eigenvalue weighted by atomic mass is 9.97. The van der Waals surface area contributed by atoms with Gasteiger partial charge in [0.2, 0.25) is 0 Å². The number of hydrogen-bond acceptors (Lipinski definition) is 3. The zero-order valence-electron chi connectivity index (χ0n) is 11.3. The minimum atomic E-state index is 0.541. The Bertz CT molecular complexity index is 373. The summed E-state index contributed by atoms with van der Waals surface area (Å²) in [5.41, 5.74) is 1.39. The molecule has 0 amide bonds. The van der Waals surface area contributed by atoms with Gasteiger partial charge in [-0.3, -0.25) is 0 Å². The molecule has 0 aliphatic carbocycles. The highest BCUT2D eigenvalue weighted by atomic mass is 15.1. The first-order valence-corrected chi connectivity index (χ1v) is 7.25. The fourth-order valence-corrected chi connectivity index (χ4v) is 3.23. The smallest absolute Gasteiger partial charge is 0.0948 e. The molecule has 3 rings (SSSR count). The first-order chi connectivity index (χ1) is 8.83. The van der Waals surface area contributed by atoms with Crippen molar-refractivity contribution in [2.45, 2.75) is 38.3 Å². The monoisotopic (exact) mass is 248 g/mol. The van der Waals surface area contributed by atoms with Gasteiger partial charge >= 0.3 is 0 Å². The van der Waals surface area contributed by atoms with Gasteiger partial charge in [0.25, 0.3) is 0 Å². The normalized spacial score (nSPS) is 26.8. The van der Waals surface area contributed by atoms with Crippen molar-refractivity contribution in [3.8, 4) is 0 Å². The second-order valence-corrected chi connectivity index (χ2v) is 5.87. The van der Waals surface area contributed by atoms with Crippen LogP contribution in [0, 0.1) is 5.92 Å². The van der Waals surface area contributed by atoms with E-state index in [-0.39, 0.29) is 0 Å².